The number of aliphatic hydroxyl groups is 1. The maximum absolute atomic E-state index is 9.12. The molecule has 2 aromatic rings. The zero-order chi connectivity index (χ0) is 12.8. The minimum atomic E-state index is -0.406. The largest absolute Gasteiger partial charge is 0.489 e. The van der Waals surface area contributed by atoms with E-state index in [1.54, 1.807) is 0 Å². The summed E-state index contributed by atoms with van der Waals surface area (Å²) < 4.78 is 5.76. The molecule has 0 aliphatic heterocycles. The lowest BCUT2D eigenvalue weighted by Crippen LogP contribution is -2.15. The Morgan fingerprint density at radius 3 is 2.32 bits per heavy atom. The van der Waals surface area contributed by atoms with Crippen molar-refractivity contribution in [3.63, 3.8) is 0 Å². The van der Waals surface area contributed by atoms with Gasteiger partial charge in [0.1, 0.15) is 12.4 Å². The summed E-state index contributed by atoms with van der Waals surface area (Å²) in [6.07, 6.45) is 0. The van der Waals surface area contributed by atoms with Gasteiger partial charge in [-0.1, -0.05) is 48.5 Å². The predicted octanol–water partition coefficient (Wildman–Crippen LogP) is 2.68. The number of nitrogens with two attached hydrogens (primary N) is 1. The number of benzene rings is 2. The molecule has 0 saturated carbocycles. The Hall–Kier alpha value is -1.55. The first-order valence-electron chi connectivity index (χ1n) is 5.93. The number of halogens is 1. The number of para-hydroxylation sites is 1. The molecule has 0 aromatic heterocycles. The Morgan fingerprint density at radius 2 is 1.63 bits per heavy atom. The molecule has 1 atom stereocenters. The highest BCUT2D eigenvalue weighted by molar-refractivity contribution is 5.85. The van der Waals surface area contributed by atoms with E-state index in [0.29, 0.717) is 6.61 Å². The normalized spacial score (nSPS) is 11.5. The molecule has 0 unspecified atom stereocenters. The van der Waals surface area contributed by atoms with Crippen molar-refractivity contribution in [2.75, 3.05) is 6.61 Å². The molecule has 19 heavy (non-hydrogen) atoms. The standard InChI is InChI=1S/C15H17NO2.ClH/c16-14(10-17)13-8-4-5-9-15(13)18-11-12-6-2-1-3-7-12;/h1-9,14,17H,10-11,16H2;1H/t14-;/m0./s1. The van der Waals surface area contributed by atoms with E-state index in [0.717, 1.165) is 16.9 Å². The number of ether oxygens (including phenoxy) is 1. The Bertz CT molecular complexity index is 491. The molecule has 0 amide bonds. The van der Waals surface area contributed by atoms with Crippen molar-refractivity contribution in [3.8, 4) is 5.75 Å². The highest BCUT2D eigenvalue weighted by Gasteiger charge is 2.10. The number of hydrogen-bond donors (Lipinski definition) is 2. The fourth-order valence-corrected chi connectivity index (χ4v) is 1.75. The van der Waals surface area contributed by atoms with Crippen LogP contribution in [0.15, 0.2) is 54.6 Å². The van der Waals surface area contributed by atoms with Crippen LogP contribution in [0.4, 0.5) is 0 Å². The van der Waals surface area contributed by atoms with Crippen molar-refractivity contribution < 1.29 is 9.84 Å². The van der Waals surface area contributed by atoms with E-state index in [1.807, 2.05) is 54.6 Å². The second-order valence-corrected chi connectivity index (χ2v) is 4.10. The van der Waals surface area contributed by atoms with Crippen LogP contribution in [-0.4, -0.2) is 11.7 Å². The molecule has 0 saturated heterocycles. The van der Waals surface area contributed by atoms with Crippen molar-refractivity contribution in [2.24, 2.45) is 5.73 Å². The smallest absolute Gasteiger partial charge is 0.124 e. The number of aliphatic hydroxyl groups excluding tert-OH is 1. The van der Waals surface area contributed by atoms with E-state index in [9.17, 15) is 0 Å². The molecule has 4 heteroatoms. The third-order valence-corrected chi connectivity index (χ3v) is 2.75. The van der Waals surface area contributed by atoms with Gasteiger partial charge in [-0.25, -0.2) is 0 Å². The summed E-state index contributed by atoms with van der Waals surface area (Å²) in [6, 6.07) is 17.1. The minimum absolute atomic E-state index is 0. The Balaban J connectivity index is 0.00000180. The molecule has 0 bridgehead atoms. The summed E-state index contributed by atoms with van der Waals surface area (Å²) in [5.41, 5.74) is 7.77. The molecule has 102 valence electrons. The van der Waals surface area contributed by atoms with Crippen molar-refractivity contribution in [3.05, 3.63) is 65.7 Å². The van der Waals surface area contributed by atoms with Gasteiger partial charge < -0.3 is 15.6 Å². The molecule has 0 aliphatic rings. The van der Waals surface area contributed by atoms with E-state index in [2.05, 4.69) is 0 Å². The van der Waals surface area contributed by atoms with Gasteiger partial charge in [-0.05, 0) is 11.6 Å². The molecule has 0 spiro atoms. The van der Waals surface area contributed by atoms with E-state index < -0.39 is 6.04 Å². The fraction of sp³-hybridized carbons (Fsp3) is 0.200. The van der Waals surface area contributed by atoms with Crippen LogP contribution in [0.5, 0.6) is 5.75 Å². The average Bonchev–Trinajstić information content (AvgIpc) is 2.45. The summed E-state index contributed by atoms with van der Waals surface area (Å²) in [5, 5.41) is 9.12. The van der Waals surface area contributed by atoms with Gasteiger partial charge in [-0.2, -0.15) is 0 Å². The lowest BCUT2D eigenvalue weighted by atomic mass is 10.1. The van der Waals surface area contributed by atoms with Gasteiger partial charge >= 0.3 is 0 Å². The second kappa shape index (κ2) is 7.79. The predicted molar refractivity (Wildman–Crippen MR) is 78.5 cm³/mol. The summed E-state index contributed by atoms with van der Waals surface area (Å²) in [7, 11) is 0. The quantitative estimate of drug-likeness (QED) is 0.885. The first-order chi connectivity index (χ1) is 8.81. The molecule has 3 nitrogen and oxygen atoms in total. The van der Waals surface area contributed by atoms with Gasteiger partial charge in [0, 0.05) is 5.56 Å². The van der Waals surface area contributed by atoms with Crippen LogP contribution in [0.25, 0.3) is 0 Å². The van der Waals surface area contributed by atoms with Crippen molar-refractivity contribution in [1.82, 2.24) is 0 Å². The maximum Gasteiger partial charge on any atom is 0.124 e. The maximum atomic E-state index is 9.12. The molecule has 2 aromatic carbocycles. The first kappa shape index (κ1) is 15.5. The Morgan fingerprint density at radius 1 is 1.00 bits per heavy atom. The van der Waals surface area contributed by atoms with Gasteiger partial charge in [-0.3, -0.25) is 0 Å². The summed E-state index contributed by atoms with van der Waals surface area (Å²) in [6.45, 7) is 0.404. The second-order valence-electron chi connectivity index (χ2n) is 4.10. The van der Waals surface area contributed by atoms with E-state index in [4.69, 9.17) is 15.6 Å². The Labute approximate surface area is 119 Å². The van der Waals surface area contributed by atoms with Crippen molar-refractivity contribution >= 4 is 12.4 Å². The highest BCUT2D eigenvalue weighted by atomic mass is 35.5. The Kier molecular flexibility index (Phi) is 6.36. The van der Waals surface area contributed by atoms with E-state index in [-0.39, 0.29) is 19.0 Å². The van der Waals surface area contributed by atoms with Crippen LogP contribution in [0.2, 0.25) is 0 Å². The van der Waals surface area contributed by atoms with Crippen LogP contribution in [0.1, 0.15) is 17.2 Å². The van der Waals surface area contributed by atoms with Crippen LogP contribution in [-0.2, 0) is 6.61 Å². The molecule has 0 fully saturated rings. The summed E-state index contributed by atoms with van der Waals surface area (Å²) >= 11 is 0. The number of hydrogen-bond acceptors (Lipinski definition) is 3. The van der Waals surface area contributed by atoms with Gasteiger partial charge in [0.05, 0.1) is 12.6 Å². The molecule has 0 radical (unpaired) electrons. The van der Waals surface area contributed by atoms with E-state index in [1.165, 1.54) is 0 Å². The van der Waals surface area contributed by atoms with Crippen molar-refractivity contribution in [2.45, 2.75) is 12.6 Å². The fourth-order valence-electron chi connectivity index (χ4n) is 1.75. The molecule has 2 rings (SSSR count). The van der Waals surface area contributed by atoms with Crippen LogP contribution in [0.3, 0.4) is 0 Å². The molecule has 3 N–H and O–H groups in total. The zero-order valence-corrected chi connectivity index (χ0v) is 11.3. The lowest BCUT2D eigenvalue weighted by Gasteiger charge is -2.15. The van der Waals surface area contributed by atoms with Gasteiger partial charge in [0.2, 0.25) is 0 Å². The molecular weight excluding hydrogens is 262 g/mol. The average molecular weight is 280 g/mol. The van der Waals surface area contributed by atoms with Crippen LogP contribution in [0, 0.1) is 0 Å². The van der Waals surface area contributed by atoms with Gasteiger partial charge in [0.15, 0.2) is 0 Å². The van der Waals surface area contributed by atoms with Crippen molar-refractivity contribution in [1.29, 1.82) is 0 Å². The summed E-state index contributed by atoms with van der Waals surface area (Å²) in [5.74, 6) is 0.725. The SMILES string of the molecule is Cl.N[C@@H](CO)c1ccccc1OCc1ccccc1. The zero-order valence-electron chi connectivity index (χ0n) is 10.5. The third kappa shape index (κ3) is 4.24. The molecule has 0 aliphatic carbocycles. The van der Waals surface area contributed by atoms with Crippen LogP contribution >= 0.6 is 12.4 Å². The van der Waals surface area contributed by atoms with Gasteiger partial charge in [-0.15, -0.1) is 12.4 Å². The summed E-state index contributed by atoms with van der Waals surface area (Å²) in [4.78, 5) is 0. The third-order valence-electron chi connectivity index (χ3n) is 2.75. The monoisotopic (exact) mass is 279 g/mol. The number of rotatable bonds is 5. The first-order valence-corrected chi connectivity index (χ1v) is 5.93. The molecule has 0 heterocycles. The van der Waals surface area contributed by atoms with E-state index >= 15 is 0 Å². The molecular formula is C15H18ClNO2. The minimum Gasteiger partial charge on any atom is -0.489 e. The highest BCUT2D eigenvalue weighted by Crippen LogP contribution is 2.24. The topological polar surface area (TPSA) is 55.5 Å². The van der Waals surface area contributed by atoms with Crippen LogP contribution < -0.4 is 10.5 Å². The van der Waals surface area contributed by atoms with Gasteiger partial charge in [0.25, 0.3) is 0 Å². The lowest BCUT2D eigenvalue weighted by molar-refractivity contribution is 0.257.